The minimum atomic E-state index is -0.385. The third kappa shape index (κ3) is 3.67. The molecule has 15 heavy (non-hydrogen) atoms. The number of nitrogens with one attached hydrogen (secondary N) is 1. The van der Waals surface area contributed by atoms with Crippen molar-refractivity contribution >= 4 is 5.91 Å². The molecule has 0 heterocycles. The number of halogens is 1. The van der Waals surface area contributed by atoms with Gasteiger partial charge < -0.3 is 10.4 Å². The lowest BCUT2D eigenvalue weighted by atomic mass is 10.1. The van der Waals surface area contributed by atoms with Crippen LogP contribution in [0.4, 0.5) is 4.39 Å². The van der Waals surface area contributed by atoms with E-state index in [1.165, 1.54) is 6.07 Å². The van der Waals surface area contributed by atoms with Gasteiger partial charge in [-0.2, -0.15) is 0 Å². The van der Waals surface area contributed by atoms with Crippen molar-refractivity contribution in [3.8, 4) is 0 Å². The lowest BCUT2D eigenvalue weighted by Crippen LogP contribution is -2.36. The largest absolute Gasteiger partial charge is 0.394 e. The number of amides is 1. The van der Waals surface area contributed by atoms with E-state index in [0.717, 1.165) is 0 Å². The van der Waals surface area contributed by atoms with Crippen LogP contribution in [-0.4, -0.2) is 23.7 Å². The molecule has 0 aromatic heterocycles. The van der Waals surface area contributed by atoms with E-state index in [1.807, 2.05) is 0 Å². The van der Waals surface area contributed by atoms with E-state index in [4.69, 9.17) is 5.11 Å². The molecule has 0 saturated carbocycles. The average molecular weight is 211 g/mol. The molecule has 0 bridgehead atoms. The monoisotopic (exact) mass is 211 g/mol. The summed E-state index contributed by atoms with van der Waals surface area (Å²) in [4.78, 5) is 11.3. The van der Waals surface area contributed by atoms with Crippen molar-refractivity contribution in [1.29, 1.82) is 0 Å². The van der Waals surface area contributed by atoms with Gasteiger partial charge in [0, 0.05) is 6.04 Å². The van der Waals surface area contributed by atoms with Crippen LogP contribution in [0, 0.1) is 5.82 Å². The Morgan fingerprint density at radius 1 is 1.53 bits per heavy atom. The van der Waals surface area contributed by atoms with Gasteiger partial charge in [-0.1, -0.05) is 18.2 Å². The number of hydrogen-bond acceptors (Lipinski definition) is 2. The number of hydrogen-bond donors (Lipinski definition) is 2. The molecule has 0 aliphatic rings. The van der Waals surface area contributed by atoms with Crippen LogP contribution in [0.1, 0.15) is 12.5 Å². The molecule has 2 N–H and O–H groups in total. The van der Waals surface area contributed by atoms with E-state index >= 15 is 0 Å². The molecule has 1 unspecified atom stereocenters. The van der Waals surface area contributed by atoms with Crippen LogP contribution in [0.25, 0.3) is 0 Å². The van der Waals surface area contributed by atoms with Gasteiger partial charge in [-0.15, -0.1) is 0 Å². The SMILES string of the molecule is CC(CO)NC(=O)Cc1ccccc1F. The first-order valence-corrected chi connectivity index (χ1v) is 4.77. The van der Waals surface area contributed by atoms with Gasteiger partial charge in [-0.3, -0.25) is 4.79 Å². The molecule has 3 nitrogen and oxygen atoms in total. The molecule has 1 aromatic carbocycles. The molecule has 0 fully saturated rings. The van der Waals surface area contributed by atoms with E-state index in [2.05, 4.69) is 5.32 Å². The Kier molecular flexibility index (Phi) is 4.24. The number of aliphatic hydroxyl groups excluding tert-OH is 1. The van der Waals surface area contributed by atoms with Crippen molar-refractivity contribution in [3.63, 3.8) is 0 Å². The van der Waals surface area contributed by atoms with Crippen molar-refractivity contribution in [1.82, 2.24) is 5.32 Å². The zero-order valence-electron chi connectivity index (χ0n) is 8.53. The van der Waals surface area contributed by atoms with Gasteiger partial charge in [0.1, 0.15) is 5.82 Å². The van der Waals surface area contributed by atoms with Gasteiger partial charge in [0.05, 0.1) is 13.0 Å². The fourth-order valence-corrected chi connectivity index (χ4v) is 1.19. The van der Waals surface area contributed by atoms with Gasteiger partial charge in [-0.25, -0.2) is 4.39 Å². The van der Waals surface area contributed by atoms with Crippen molar-refractivity contribution in [3.05, 3.63) is 35.6 Å². The van der Waals surface area contributed by atoms with Crippen LogP contribution < -0.4 is 5.32 Å². The molecule has 0 aliphatic carbocycles. The summed E-state index contributed by atoms with van der Waals surface area (Å²) in [7, 11) is 0. The second-order valence-corrected chi connectivity index (χ2v) is 3.42. The fourth-order valence-electron chi connectivity index (χ4n) is 1.19. The normalized spacial score (nSPS) is 12.2. The Morgan fingerprint density at radius 3 is 2.80 bits per heavy atom. The number of rotatable bonds is 4. The molecule has 0 spiro atoms. The van der Waals surface area contributed by atoms with Crippen molar-refractivity contribution in [2.45, 2.75) is 19.4 Å². The molecule has 0 radical (unpaired) electrons. The Morgan fingerprint density at radius 2 is 2.20 bits per heavy atom. The van der Waals surface area contributed by atoms with Crippen molar-refractivity contribution < 1.29 is 14.3 Å². The zero-order chi connectivity index (χ0) is 11.3. The summed E-state index contributed by atoms with van der Waals surface area (Å²) in [5, 5.41) is 11.3. The average Bonchev–Trinajstić information content (AvgIpc) is 2.21. The summed E-state index contributed by atoms with van der Waals surface area (Å²) in [5.41, 5.74) is 0.361. The second-order valence-electron chi connectivity index (χ2n) is 3.42. The topological polar surface area (TPSA) is 49.3 Å². The summed E-state index contributed by atoms with van der Waals surface area (Å²) < 4.78 is 13.1. The molecule has 1 atom stereocenters. The van der Waals surface area contributed by atoms with Crippen LogP contribution in [-0.2, 0) is 11.2 Å². The van der Waals surface area contributed by atoms with E-state index in [-0.39, 0.29) is 30.8 Å². The maximum absolute atomic E-state index is 13.1. The molecule has 1 aromatic rings. The highest BCUT2D eigenvalue weighted by Gasteiger charge is 2.09. The Balaban J connectivity index is 2.55. The van der Waals surface area contributed by atoms with Crippen molar-refractivity contribution in [2.75, 3.05) is 6.61 Å². The minimum absolute atomic E-state index is 0.00296. The third-order valence-corrected chi connectivity index (χ3v) is 1.99. The van der Waals surface area contributed by atoms with Gasteiger partial charge in [-0.05, 0) is 18.6 Å². The number of aliphatic hydroxyl groups is 1. The minimum Gasteiger partial charge on any atom is -0.394 e. The summed E-state index contributed by atoms with van der Waals surface area (Å²) in [6.07, 6.45) is -0.00296. The Labute approximate surface area is 87.9 Å². The third-order valence-electron chi connectivity index (χ3n) is 1.99. The molecule has 1 rings (SSSR count). The highest BCUT2D eigenvalue weighted by atomic mass is 19.1. The molecule has 82 valence electrons. The van der Waals surface area contributed by atoms with Crippen LogP contribution in [0.15, 0.2) is 24.3 Å². The van der Waals surface area contributed by atoms with Crippen LogP contribution in [0.5, 0.6) is 0 Å². The number of carbonyl (C=O) groups excluding carboxylic acids is 1. The molecular weight excluding hydrogens is 197 g/mol. The number of benzene rings is 1. The highest BCUT2D eigenvalue weighted by molar-refractivity contribution is 5.78. The van der Waals surface area contributed by atoms with Crippen molar-refractivity contribution in [2.24, 2.45) is 0 Å². The van der Waals surface area contributed by atoms with E-state index in [1.54, 1.807) is 25.1 Å². The lowest BCUT2D eigenvalue weighted by molar-refractivity contribution is -0.121. The first-order chi connectivity index (χ1) is 7.13. The summed E-state index contributed by atoms with van der Waals surface area (Å²) in [5.74, 6) is -0.675. The van der Waals surface area contributed by atoms with E-state index < -0.39 is 0 Å². The van der Waals surface area contributed by atoms with Gasteiger partial charge in [0.2, 0.25) is 5.91 Å². The Hall–Kier alpha value is -1.42. The second kappa shape index (κ2) is 5.46. The first-order valence-electron chi connectivity index (χ1n) is 4.77. The Bertz CT molecular complexity index is 341. The van der Waals surface area contributed by atoms with E-state index in [9.17, 15) is 9.18 Å². The number of carbonyl (C=O) groups is 1. The van der Waals surface area contributed by atoms with Gasteiger partial charge in [0.15, 0.2) is 0 Å². The molecule has 4 heteroatoms. The van der Waals surface area contributed by atoms with Gasteiger partial charge >= 0.3 is 0 Å². The first kappa shape index (κ1) is 11.7. The summed E-state index contributed by atoms with van der Waals surface area (Å²) >= 11 is 0. The maximum atomic E-state index is 13.1. The van der Waals surface area contributed by atoms with Gasteiger partial charge in [0.25, 0.3) is 0 Å². The zero-order valence-corrected chi connectivity index (χ0v) is 8.53. The standard InChI is InChI=1S/C11H14FNO2/c1-8(7-14)13-11(15)6-9-4-2-3-5-10(9)12/h2-5,8,14H,6-7H2,1H3,(H,13,15). The molecular formula is C11H14FNO2. The smallest absolute Gasteiger partial charge is 0.224 e. The molecule has 0 saturated heterocycles. The lowest BCUT2D eigenvalue weighted by Gasteiger charge is -2.10. The molecule has 1 amide bonds. The maximum Gasteiger partial charge on any atom is 0.224 e. The predicted molar refractivity (Wildman–Crippen MR) is 54.8 cm³/mol. The fraction of sp³-hybridized carbons (Fsp3) is 0.364. The quantitative estimate of drug-likeness (QED) is 0.776. The van der Waals surface area contributed by atoms with E-state index in [0.29, 0.717) is 5.56 Å². The van der Waals surface area contributed by atoms with Crippen LogP contribution >= 0.6 is 0 Å². The molecule has 0 aliphatic heterocycles. The highest BCUT2D eigenvalue weighted by Crippen LogP contribution is 2.06. The van der Waals surface area contributed by atoms with Crippen LogP contribution in [0.2, 0.25) is 0 Å². The summed E-state index contributed by atoms with van der Waals surface area (Å²) in [6.45, 7) is 1.56. The summed E-state index contributed by atoms with van der Waals surface area (Å²) in [6, 6.07) is 5.84. The predicted octanol–water partition coefficient (Wildman–Crippen LogP) is 0.865. The van der Waals surface area contributed by atoms with Crippen LogP contribution in [0.3, 0.4) is 0 Å².